The van der Waals surface area contributed by atoms with Crippen molar-refractivity contribution in [2.45, 2.75) is 47.5 Å². The second-order valence-corrected chi connectivity index (χ2v) is 5.51. The maximum atomic E-state index is 10.3. The van der Waals surface area contributed by atoms with Gasteiger partial charge in [0.15, 0.2) is 0 Å². The van der Waals surface area contributed by atoms with Crippen molar-refractivity contribution < 1.29 is 4.79 Å². The molecule has 0 radical (unpaired) electrons. The molecule has 0 saturated heterocycles. The van der Waals surface area contributed by atoms with E-state index >= 15 is 0 Å². The van der Waals surface area contributed by atoms with Gasteiger partial charge >= 0.3 is 0 Å². The van der Waals surface area contributed by atoms with Gasteiger partial charge in [0.05, 0.1) is 0 Å². The van der Waals surface area contributed by atoms with Crippen LogP contribution in [0.5, 0.6) is 0 Å². The van der Waals surface area contributed by atoms with Gasteiger partial charge in [0.25, 0.3) is 0 Å². The fourth-order valence-electron chi connectivity index (χ4n) is 1.61. The molecule has 0 aliphatic heterocycles. The number of carbonyl (C=O) groups excluding carboxylic acids is 1. The third kappa shape index (κ3) is 12.9. The number of hydrogen-bond acceptors (Lipinski definition) is 1. The molecule has 0 amide bonds. The molecule has 0 rings (SSSR count). The Bertz CT molecular complexity index is 490. The molecule has 0 N–H and O–H groups in total. The highest BCUT2D eigenvalue weighted by molar-refractivity contribution is 5.66. The van der Waals surface area contributed by atoms with Crippen molar-refractivity contribution in [3.05, 3.63) is 70.9 Å². The van der Waals surface area contributed by atoms with Crippen LogP contribution in [-0.2, 0) is 4.79 Å². The van der Waals surface area contributed by atoms with Crippen molar-refractivity contribution in [2.24, 2.45) is 0 Å². The standard InChI is InChI=1S/C20H28O/c1-17(2)9-6-10-18(3)11-7-12-19(4)13-8-14-20(5)15-16-21/h7-9,11-16H,6,10H2,1-5H3/b12-7?,14-8+,18-11?,19-13-,20-15+. The Labute approximate surface area is 130 Å². The van der Waals surface area contributed by atoms with E-state index < -0.39 is 0 Å². The van der Waals surface area contributed by atoms with Crippen LogP contribution in [0.1, 0.15) is 47.5 Å². The van der Waals surface area contributed by atoms with Gasteiger partial charge in [-0.1, -0.05) is 59.3 Å². The molecule has 0 spiro atoms. The first-order valence-corrected chi connectivity index (χ1v) is 7.40. The van der Waals surface area contributed by atoms with Crippen LogP contribution < -0.4 is 0 Å². The SMILES string of the molecule is CC(C)=CCCC(C)=CC=C\C(C)=C/C=C/C(C)=C/C=O. The second kappa shape index (κ2) is 11.9. The predicted octanol–water partition coefficient (Wildman–Crippen LogP) is 5.88. The molecule has 1 heteroatoms. The van der Waals surface area contributed by atoms with Gasteiger partial charge in [-0.25, -0.2) is 0 Å². The molecule has 21 heavy (non-hydrogen) atoms. The lowest BCUT2D eigenvalue weighted by atomic mass is 10.1. The van der Waals surface area contributed by atoms with Crippen LogP contribution in [-0.4, -0.2) is 6.29 Å². The first-order chi connectivity index (χ1) is 9.95. The Morgan fingerprint density at radius 2 is 1.38 bits per heavy atom. The summed E-state index contributed by atoms with van der Waals surface area (Å²) < 4.78 is 0. The maximum absolute atomic E-state index is 10.3. The van der Waals surface area contributed by atoms with E-state index in [1.54, 1.807) is 6.08 Å². The fraction of sp³-hybridized carbons (Fsp3) is 0.350. The molecule has 0 heterocycles. The van der Waals surface area contributed by atoms with E-state index in [1.807, 2.05) is 25.2 Å². The zero-order valence-corrected chi connectivity index (χ0v) is 14.0. The summed E-state index contributed by atoms with van der Waals surface area (Å²) in [6.45, 7) is 10.4. The summed E-state index contributed by atoms with van der Waals surface area (Å²) >= 11 is 0. The average Bonchev–Trinajstić information content (AvgIpc) is 2.38. The van der Waals surface area contributed by atoms with E-state index in [-0.39, 0.29) is 0 Å². The number of aldehydes is 1. The molecule has 0 aromatic rings. The summed E-state index contributed by atoms with van der Waals surface area (Å²) in [7, 11) is 0. The van der Waals surface area contributed by atoms with Gasteiger partial charge in [-0.15, -0.1) is 0 Å². The van der Waals surface area contributed by atoms with Crippen LogP contribution in [0, 0.1) is 0 Å². The van der Waals surface area contributed by atoms with Crippen molar-refractivity contribution >= 4 is 6.29 Å². The molecule has 0 aromatic heterocycles. The number of hydrogen-bond donors (Lipinski definition) is 0. The largest absolute Gasteiger partial charge is 0.299 e. The van der Waals surface area contributed by atoms with Crippen LogP contribution in [0.25, 0.3) is 0 Å². The topological polar surface area (TPSA) is 17.1 Å². The van der Waals surface area contributed by atoms with E-state index in [9.17, 15) is 4.79 Å². The third-order valence-corrected chi connectivity index (χ3v) is 2.88. The Balaban J connectivity index is 4.36. The van der Waals surface area contributed by atoms with Crippen molar-refractivity contribution in [3.63, 3.8) is 0 Å². The summed E-state index contributed by atoms with van der Waals surface area (Å²) in [5.41, 5.74) is 4.89. The van der Waals surface area contributed by atoms with Crippen LogP contribution >= 0.6 is 0 Å². The quantitative estimate of drug-likeness (QED) is 0.235. The van der Waals surface area contributed by atoms with Crippen molar-refractivity contribution in [2.75, 3.05) is 0 Å². The van der Waals surface area contributed by atoms with Gasteiger partial charge in [0, 0.05) is 0 Å². The molecule has 0 fully saturated rings. The molecule has 0 bridgehead atoms. The lowest BCUT2D eigenvalue weighted by Gasteiger charge is -1.96. The van der Waals surface area contributed by atoms with E-state index in [0.717, 1.165) is 24.7 Å². The average molecular weight is 284 g/mol. The van der Waals surface area contributed by atoms with Gasteiger partial charge in [-0.2, -0.15) is 0 Å². The van der Waals surface area contributed by atoms with Gasteiger partial charge < -0.3 is 0 Å². The van der Waals surface area contributed by atoms with Gasteiger partial charge in [-0.05, 0) is 59.1 Å². The molecule has 0 saturated carbocycles. The number of carbonyl (C=O) groups is 1. The summed E-state index contributed by atoms with van der Waals surface area (Å²) in [4.78, 5) is 10.3. The monoisotopic (exact) mass is 284 g/mol. The molecular weight excluding hydrogens is 256 g/mol. The minimum atomic E-state index is 0.805. The normalized spacial score (nSPS) is 14.0. The highest BCUT2D eigenvalue weighted by atomic mass is 16.1. The number of allylic oxidation sites excluding steroid dienone is 12. The van der Waals surface area contributed by atoms with Gasteiger partial charge in [0.1, 0.15) is 6.29 Å². The van der Waals surface area contributed by atoms with Crippen molar-refractivity contribution in [1.82, 2.24) is 0 Å². The minimum Gasteiger partial charge on any atom is -0.299 e. The Morgan fingerprint density at radius 1 is 0.810 bits per heavy atom. The van der Waals surface area contributed by atoms with E-state index in [4.69, 9.17) is 0 Å². The molecule has 0 aromatic carbocycles. The van der Waals surface area contributed by atoms with Crippen LogP contribution in [0.4, 0.5) is 0 Å². The highest BCUT2D eigenvalue weighted by Gasteiger charge is 1.87. The lowest BCUT2D eigenvalue weighted by Crippen LogP contribution is -1.76. The van der Waals surface area contributed by atoms with Gasteiger partial charge in [0.2, 0.25) is 0 Å². The summed E-state index contributed by atoms with van der Waals surface area (Å²) in [6, 6.07) is 0. The zero-order valence-electron chi connectivity index (χ0n) is 14.0. The molecule has 0 unspecified atom stereocenters. The Morgan fingerprint density at radius 3 is 1.95 bits per heavy atom. The molecule has 0 aliphatic rings. The molecule has 0 atom stereocenters. The van der Waals surface area contributed by atoms with Crippen molar-refractivity contribution in [1.29, 1.82) is 0 Å². The summed E-state index contributed by atoms with van der Waals surface area (Å²) in [5.74, 6) is 0. The zero-order chi connectivity index (χ0) is 16.1. The third-order valence-electron chi connectivity index (χ3n) is 2.88. The summed E-state index contributed by atoms with van der Waals surface area (Å²) in [5, 5.41) is 0. The summed E-state index contributed by atoms with van der Waals surface area (Å²) in [6.07, 6.45) is 19.1. The van der Waals surface area contributed by atoms with E-state index in [2.05, 4.69) is 52.0 Å². The van der Waals surface area contributed by atoms with Crippen LogP contribution in [0.2, 0.25) is 0 Å². The highest BCUT2D eigenvalue weighted by Crippen LogP contribution is 2.07. The van der Waals surface area contributed by atoms with Crippen molar-refractivity contribution in [3.8, 4) is 0 Å². The molecule has 1 nitrogen and oxygen atoms in total. The fourth-order valence-corrected chi connectivity index (χ4v) is 1.61. The molecule has 0 aliphatic carbocycles. The smallest absolute Gasteiger partial charge is 0.143 e. The van der Waals surface area contributed by atoms with Crippen LogP contribution in [0.3, 0.4) is 0 Å². The van der Waals surface area contributed by atoms with E-state index in [0.29, 0.717) is 0 Å². The minimum absolute atomic E-state index is 0.805. The Hall–Kier alpha value is -1.89. The first kappa shape index (κ1) is 19.1. The van der Waals surface area contributed by atoms with Crippen LogP contribution in [0.15, 0.2) is 70.9 Å². The number of rotatable bonds is 8. The van der Waals surface area contributed by atoms with Gasteiger partial charge in [-0.3, -0.25) is 4.79 Å². The van der Waals surface area contributed by atoms with E-state index in [1.165, 1.54) is 16.7 Å². The predicted molar refractivity (Wildman–Crippen MR) is 94.3 cm³/mol. The molecule has 114 valence electrons. The lowest BCUT2D eigenvalue weighted by molar-refractivity contribution is -0.104. The molecular formula is C20H28O. The Kier molecular flexibility index (Phi) is 10.8. The second-order valence-electron chi connectivity index (χ2n) is 5.51. The maximum Gasteiger partial charge on any atom is 0.143 e. The first-order valence-electron chi connectivity index (χ1n) is 7.40.